The van der Waals surface area contributed by atoms with Gasteiger partial charge in [-0.15, -0.1) is 0 Å². The van der Waals surface area contributed by atoms with E-state index in [-0.39, 0.29) is 11.6 Å². The summed E-state index contributed by atoms with van der Waals surface area (Å²) in [6, 6.07) is 6.37. The van der Waals surface area contributed by atoms with Gasteiger partial charge in [0.2, 0.25) is 0 Å². The average Bonchev–Trinajstić information content (AvgIpc) is 3.24. The monoisotopic (exact) mass is 386 g/mol. The number of benzene rings is 1. The Morgan fingerprint density at radius 2 is 1.93 bits per heavy atom. The van der Waals surface area contributed by atoms with Crippen molar-refractivity contribution in [3.63, 3.8) is 0 Å². The normalized spacial score (nSPS) is 13.9. The standard InChI is InChI=1S/C20H26N4O4/c1-27-17-8-7-15(11-18(17)28-2)23-20(26)21-9-10-24-13-22-16(12-19(24)25)14-5-3-4-6-14/h7-8,11-14H,3-6,9-10H2,1-2H3,(H2,21,23,26). The highest BCUT2D eigenvalue weighted by atomic mass is 16.5. The molecule has 0 unspecified atom stereocenters. The maximum Gasteiger partial charge on any atom is 0.319 e. The lowest BCUT2D eigenvalue weighted by Crippen LogP contribution is -2.33. The number of methoxy groups -OCH3 is 2. The van der Waals surface area contributed by atoms with Gasteiger partial charge >= 0.3 is 6.03 Å². The third kappa shape index (κ3) is 4.82. The second-order valence-corrected chi connectivity index (χ2v) is 6.78. The van der Waals surface area contributed by atoms with E-state index in [0.29, 0.717) is 36.2 Å². The Kier molecular flexibility index (Phi) is 6.52. The molecule has 0 spiro atoms. The first-order valence-electron chi connectivity index (χ1n) is 9.44. The van der Waals surface area contributed by atoms with Gasteiger partial charge < -0.3 is 20.1 Å². The lowest BCUT2D eigenvalue weighted by Gasteiger charge is -2.12. The van der Waals surface area contributed by atoms with Crippen LogP contribution in [0.3, 0.4) is 0 Å². The van der Waals surface area contributed by atoms with Crippen LogP contribution in [-0.4, -0.2) is 36.3 Å². The van der Waals surface area contributed by atoms with Gasteiger partial charge in [0.1, 0.15) is 0 Å². The molecular weight excluding hydrogens is 360 g/mol. The highest BCUT2D eigenvalue weighted by molar-refractivity contribution is 5.89. The summed E-state index contributed by atoms with van der Waals surface area (Å²) < 4.78 is 11.9. The number of rotatable bonds is 7. The number of nitrogens with one attached hydrogen (secondary N) is 2. The Labute approximate surface area is 163 Å². The number of aromatic nitrogens is 2. The van der Waals surface area contributed by atoms with Crippen LogP contribution in [0.4, 0.5) is 10.5 Å². The molecule has 150 valence electrons. The molecule has 28 heavy (non-hydrogen) atoms. The van der Waals surface area contributed by atoms with Crippen LogP contribution in [0.25, 0.3) is 0 Å². The van der Waals surface area contributed by atoms with Crippen molar-refractivity contribution < 1.29 is 14.3 Å². The van der Waals surface area contributed by atoms with Crippen molar-refractivity contribution in [2.24, 2.45) is 0 Å². The third-order valence-corrected chi connectivity index (χ3v) is 4.95. The largest absolute Gasteiger partial charge is 0.493 e. The molecule has 0 saturated heterocycles. The molecule has 0 bridgehead atoms. The van der Waals surface area contributed by atoms with E-state index in [2.05, 4.69) is 15.6 Å². The molecule has 1 saturated carbocycles. The van der Waals surface area contributed by atoms with E-state index >= 15 is 0 Å². The molecule has 1 aliphatic carbocycles. The molecule has 2 amide bonds. The van der Waals surface area contributed by atoms with Gasteiger partial charge in [0.15, 0.2) is 11.5 Å². The van der Waals surface area contributed by atoms with E-state index in [1.807, 2.05) is 0 Å². The zero-order valence-electron chi connectivity index (χ0n) is 16.2. The maximum atomic E-state index is 12.3. The number of carbonyl (C=O) groups excluding carboxylic acids is 1. The van der Waals surface area contributed by atoms with E-state index in [9.17, 15) is 9.59 Å². The van der Waals surface area contributed by atoms with Crippen LogP contribution in [0.15, 0.2) is 35.4 Å². The molecular formula is C20H26N4O4. The Hall–Kier alpha value is -3.03. The number of nitrogens with zero attached hydrogens (tertiary/aromatic N) is 2. The van der Waals surface area contributed by atoms with Crippen LogP contribution >= 0.6 is 0 Å². The van der Waals surface area contributed by atoms with Crippen molar-refractivity contribution in [1.29, 1.82) is 0 Å². The quantitative estimate of drug-likeness (QED) is 0.763. The van der Waals surface area contributed by atoms with Gasteiger partial charge in [-0.1, -0.05) is 12.8 Å². The van der Waals surface area contributed by atoms with Crippen LogP contribution in [-0.2, 0) is 6.54 Å². The molecule has 0 atom stereocenters. The minimum atomic E-state index is -0.365. The molecule has 3 rings (SSSR count). The lowest BCUT2D eigenvalue weighted by atomic mass is 10.0. The topological polar surface area (TPSA) is 94.5 Å². The van der Waals surface area contributed by atoms with Crippen molar-refractivity contribution >= 4 is 11.7 Å². The average molecular weight is 386 g/mol. The number of hydrogen-bond acceptors (Lipinski definition) is 5. The van der Waals surface area contributed by atoms with E-state index in [1.54, 1.807) is 37.7 Å². The lowest BCUT2D eigenvalue weighted by molar-refractivity contribution is 0.251. The molecule has 1 aliphatic rings. The molecule has 8 nitrogen and oxygen atoms in total. The first-order chi connectivity index (χ1) is 13.6. The summed E-state index contributed by atoms with van der Waals surface area (Å²) in [7, 11) is 3.08. The Morgan fingerprint density at radius 3 is 2.61 bits per heavy atom. The van der Waals surface area contributed by atoms with Gasteiger partial charge in [0.25, 0.3) is 5.56 Å². The summed E-state index contributed by atoms with van der Waals surface area (Å²) in [6.07, 6.45) is 6.19. The number of anilines is 1. The van der Waals surface area contributed by atoms with Gasteiger partial charge in [-0.05, 0) is 25.0 Å². The summed E-state index contributed by atoms with van der Waals surface area (Å²) >= 11 is 0. The number of urea groups is 1. The SMILES string of the molecule is COc1ccc(NC(=O)NCCn2cnc(C3CCCC3)cc2=O)cc1OC. The molecule has 1 aromatic carbocycles. The van der Waals surface area contributed by atoms with Gasteiger partial charge in [0.05, 0.1) is 26.2 Å². The van der Waals surface area contributed by atoms with Crippen LogP contribution in [0.2, 0.25) is 0 Å². The van der Waals surface area contributed by atoms with E-state index in [1.165, 1.54) is 24.5 Å². The number of hydrogen-bond donors (Lipinski definition) is 2. The molecule has 1 heterocycles. The fourth-order valence-corrected chi connectivity index (χ4v) is 3.43. The molecule has 1 fully saturated rings. The van der Waals surface area contributed by atoms with Crippen molar-refractivity contribution in [2.45, 2.75) is 38.1 Å². The summed E-state index contributed by atoms with van der Waals surface area (Å²) in [5.74, 6) is 1.52. The van der Waals surface area contributed by atoms with Crippen LogP contribution in [0, 0.1) is 0 Å². The molecule has 0 aliphatic heterocycles. The van der Waals surface area contributed by atoms with E-state index in [0.717, 1.165) is 18.5 Å². The highest BCUT2D eigenvalue weighted by Gasteiger charge is 2.18. The van der Waals surface area contributed by atoms with Crippen LogP contribution < -0.4 is 25.7 Å². The summed E-state index contributed by atoms with van der Waals surface area (Å²) in [5.41, 5.74) is 1.38. The van der Waals surface area contributed by atoms with Gasteiger partial charge in [-0.25, -0.2) is 9.78 Å². The first kappa shape index (κ1) is 19.7. The van der Waals surface area contributed by atoms with E-state index in [4.69, 9.17) is 9.47 Å². The summed E-state index contributed by atoms with van der Waals surface area (Å²) in [5, 5.41) is 5.46. The molecule has 2 N–H and O–H groups in total. The van der Waals surface area contributed by atoms with Gasteiger partial charge in [-0.3, -0.25) is 9.36 Å². The molecule has 2 aromatic rings. The van der Waals surface area contributed by atoms with Crippen LogP contribution in [0.5, 0.6) is 11.5 Å². The minimum Gasteiger partial charge on any atom is -0.493 e. The van der Waals surface area contributed by atoms with Gasteiger partial charge in [-0.2, -0.15) is 0 Å². The maximum absolute atomic E-state index is 12.3. The minimum absolute atomic E-state index is 0.0843. The number of ether oxygens (including phenoxy) is 2. The Bertz CT molecular complexity index is 875. The highest BCUT2D eigenvalue weighted by Crippen LogP contribution is 2.32. The smallest absolute Gasteiger partial charge is 0.319 e. The summed E-state index contributed by atoms with van der Waals surface area (Å²) in [4.78, 5) is 28.8. The van der Waals surface area contributed by atoms with Crippen molar-refractivity contribution in [3.05, 3.63) is 46.6 Å². The van der Waals surface area contributed by atoms with Crippen LogP contribution in [0.1, 0.15) is 37.3 Å². The molecule has 0 radical (unpaired) electrons. The Morgan fingerprint density at radius 1 is 1.18 bits per heavy atom. The second-order valence-electron chi connectivity index (χ2n) is 6.78. The fourth-order valence-electron chi connectivity index (χ4n) is 3.43. The zero-order chi connectivity index (χ0) is 19.9. The summed E-state index contributed by atoms with van der Waals surface area (Å²) in [6.45, 7) is 0.666. The Balaban J connectivity index is 1.50. The van der Waals surface area contributed by atoms with Crippen molar-refractivity contribution in [2.75, 3.05) is 26.1 Å². The van der Waals surface area contributed by atoms with Gasteiger partial charge in [0, 0.05) is 36.8 Å². The number of carbonyl (C=O) groups is 1. The third-order valence-electron chi connectivity index (χ3n) is 4.95. The predicted octanol–water partition coefficient (Wildman–Crippen LogP) is 2.74. The predicted molar refractivity (Wildman–Crippen MR) is 106 cm³/mol. The first-order valence-corrected chi connectivity index (χ1v) is 9.44. The molecule has 1 aromatic heterocycles. The van der Waals surface area contributed by atoms with Crippen molar-refractivity contribution in [1.82, 2.24) is 14.9 Å². The van der Waals surface area contributed by atoms with E-state index < -0.39 is 0 Å². The second kappa shape index (κ2) is 9.25. The van der Waals surface area contributed by atoms with Crippen molar-refractivity contribution in [3.8, 4) is 11.5 Å². The number of amides is 2. The molecule has 8 heteroatoms. The fraction of sp³-hybridized carbons (Fsp3) is 0.450. The zero-order valence-corrected chi connectivity index (χ0v) is 16.2.